The summed E-state index contributed by atoms with van der Waals surface area (Å²) in [7, 11) is 0. The molecule has 0 amide bonds. The number of carbonyl (C=O) groups is 2. The minimum Gasteiger partial charge on any atom is -0.460 e. The Kier molecular flexibility index (Phi) is 7.03. The van der Waals surface area contributed by atoms with Gasteiger partial charge in [0.25, 0.3) is 0 Å². The molecule has 36 heavy (non-hydrogen) atoms. The van der Waals surface area contributed by atoms with Gasteiger partial charge in [0.1, 0.15) is 6.61 Å². The molecule has 0 aromatic heterocycles. The predicted octanol–water partition coefficient (Wildman–Crippen LogP) is 5.01. The van der Waals surface area contributed by atoms with Crippen LogP contribution in [-0.4, -0.2) is 38.4 Å². The third-order valence-electron chi connectivity index (χ3n) is 6.79. The second-order valence-electron chi connectivity index (χ2n) is 8.99. The number of halogens is 1. The summed E-state index contributed by atoms with van der Waals surface area (Å²) in [6.07, 6.45) is 0.989. The van der Waals surface area contributed by atoms with Crippen molar-refractivity contribution in [2.75, 3.05) is 26.6 Å². The fraction of sp³-hybridized carbons (Fsp3) is 0.357. The number of ketones is 1. The maximum Gasteiger partial charge on any atom is 0.336 e. The first-order valence-electron chi connectivity index (χ1n) is 12.1. The van der Waals surface area contributed by atoms with Crippen molar-refractivity contribution >= 4 is 23.4 Å². The highest BCUT2D eigenvalue weighted by atomic mass is 35.5. The Bertz CT molecular complexity index is 1250. The summed E-state index contributed by atoms with van der Waals surface area (Å²) >= 11 is 6.72. The van der Waals surface area contributed by atoms with Crippen LogP contribution in [-0.2, 0) is 19.1 Å². The highest BCUT2D eigenvalue weighted by Gasteiger charge is 2.42. The van der Waals surface area contributed by atoms with Crippen molar-refractivity contribution in [2.24, 2.45) is 0 Å². The fourth-order valence-corrected chi connectivity index (χ4v) is 5.41. The summed E-state index contributed by atoms with van der Waals surface area (Å²) in [4.78, 5) is 27.1. The summed E-state index contributed by atoms with van der Waals surface area (Å²) in [5.41, 5.74) is 4.07. The molecule has 2 atom stereocenters. The number of hydrogen-bond acceptors (Lipinski definition) is 7. The molecule has 2 heterocycles. The monoisotopic (exact) mass is 509 g/mol. The largest absolute Gasteiger partial charge is 0.460 e. The van der Waals surface area contributed by atoms with Crippen LogP contribution in [0.3, 0.4) is 0 Å². The number of benzene rings is 2. The van der Waals surface area contributed by atoms with E-state index in [4.69, 9.17) is 30.5 Å². The Morgan fingerprint density at radius 3 is 2.61 bits per heavy atom. The Hall–Kier alpha value is -3.29. The van der Waals surface area contributed by atoms with E-state index >= 15 is 0 Å². The standard InChI is InChI=1S/C28H28ClNO6/c1-3-33-9-10-34-28(32)25-16(2)30-21-11-18(17-7-5-4-6-8-17)12-22(31)27(21)26(25)19-13-23-24(14-20(19)29)36-15-35-23/h4-8,13-14,18,26,30H,3,9-12,15H2,1-2H3/t18-,26+/m0/s1. The average Bonchev–Trinajstić information content (AvgIpc) is 3.32. The number of nitrogens with one attached hydrogen (secondary N) is 1. The van der Waals surface area contributed by atoms with Gasteiger partial charge in [-0.05, 0) is 43.4 Å². The zero-order valence-electron chi connectivity index (χ0n) is 20.3. The molecule has 0 saturated carbocycles. The molecule has 0 fully saturated rings. The highest BCUT2D eigenvalue weighted by molar-refractivity contribution is 6.32. The molecule has 8 heteroatoms. The average molecular weight is 510 g/mol. The van der Waals surface area contributed by atoms with Gasteiger partial charge in [0, 0.05) is 47.0 Å². The second-order valence-corrected chi connectivity index (χ2v) is 9.39. The molecule has 2 aromatic rings. The Morgan fingerprint density at radius 1 is 1.11 bits per heavy atom. The van der Waals surface area contributed by atoms with Gasteiger partial charge in [-0.1, -0.05) is 41.9 Å². The summed E-state index contributed by atoms with van der Waals surface area (Å²) in [5.74, 6) is -0.112. The van der Waals surface area contributed by atoms with E-state index in [0.29, 0.717) is 65.0 Å². The number of Topliss-reactive ketones (excluding diaryl/α,β-unsaturated/α-hetero) is 1. The molecule has 2 aliphatic heterocycles. The first-order chi connectivity index (χ1) is 17.5. The topological polar surface area (TPSA) is 83.1 Å². The number of ether oxygens (including phenoxy) is 4. The van der Waals surface area contributed by atoms with Gasteiger partial charge in [-0.15, -0.1) is 0 Å². The highest BCUT2D eigenvalue weighted by Crippen LogP contribution is 2.49. The van der Waals surface area contributed by atoms with Crippen LogP contribution in [0.5, 0.6) is 11.5 Å². The van der Waals surface area contributed by atoms with Gasteiger partial charge >= 0.3 is 5.97 Å². The lowest BCUT2D eigenvalue weighted by atomic mass is 9.71. The quantitative estimate of drug-likeness (QED) is 0.415. The molecule has 0 saturated heterocycles. The van der Waals surface area contributed by atoms with Gasteiger partial charge < -0.3 is 24.3 Å². The lowest BCUT2D eigenvalue weighted by Crippen LogP contribution is -2.36. The van der Waals surface area contributed by atoms with E-state index in [1.54, 1.807) is 12.1 Å². The Balaban J connectivity index is 1.56. The molecule has 5 rings (SSSR count). The van der Waals surface area contributed by atoms with Crippen LogP contribution in [0.4, 0.5) is 0 Å². The first kappa shape index (κ1) is 24.4. The molecule has 7 nitrogen and oxygen atoms in total. The van der Waals surface area contributed by atoms with Crippen molar-refractivity contribution in [1.82, 2.24) is 5.32 Å². The van der Waals surface area contributed by atoms with Gasteiger partial charge in [0.15, 0.2) is 17.3 Å². The third-order valence-corrected chi connectivity index (χ3v) is 7.11. The molecule has 3 aliphatic rings. The number of dihydropyridines is 1. The minimum absolute atomic E-state index is 0.0246. The first-order valence-corrected chi connectivity index (χ1v) is 12.5. The lowest BCUT2D eigenvalue weighted by Gasteiger charge is -2.37. The number of carbonyl (C=O) groups excluding carboxylic acids is 2. The van der Waals surface area contributed by atoms with Crippen LogP contribution in [0.15, 0.2) is 65.0 Å². The van der Waals surface area contributed by atoms with Crippen molar-refractivity contribution in [1.29, 1.82) is 0 Å². The van der Waals surface area contributed by atoms with Gasteiger partial charge in [0.05, 0.1) is 12.2 Å². The molecule has 1 N–H and O–H groups in total. The fourth-order valence-electron chi connectivity index (χ4n) is 5.15. The van der Waals surface area contributed by atoms with Crippen molar-refractivity contribution in [3.63, 3.8) is 0 Å². The van der Waals surface area contributed by atoms with E-state index in [1.165, 1.54) is 0 Å². The van der Waals surface area contributed by atoms with E-state index in [9.17, 15) is 9.59 Å². The molecule has 0 spiro atoms. The maximum absolute atomic E-state index is 13.7. The van der Waals surface area contributed by atoms with E-state index in [0.717, 1.165) is 11.3 Å². The minimum atomic E-state index is -0.688. The SMILES string of the molecule is CCOCCOC(=O)C1=C(C)NC2=C(C(=O)C[C@@H](c3ccccc3)C2)[C@@H]1c1cc2c(cc1Cl)OCO2. The Labute approximate surface area is 215 Å². The zero-order valence-corrected chi connectivity index (χ0v) is 21.0. The maximum atomic E-state index is 13.7. The van der Waals surface area contributed by atoms with E-state index < -0.39 is 11.9 Å². The van der Waals surface area contributed by atoms with Crippen molar-refractivity contribution in [3.8, 4) is 11.5 Å². The number of allylic oxidation sites excluding steroid dienone is 3. The van der Waals surface area contributed by atoms with E-state index in [1.807, 2.05) is 44.2 Å². The molecule has 1 aliphatic carbocycles. The Morgan fingerprint density at radius 2 is 1.86 bits per heavy atom. The van der Waals surface area contributed by atoms with Crippen molar-refractivity contribution in [3.05, 3.63) is 81.2 Å². The van der Waals surface area contributed by atoms with E-state index in [-0.39, 0.29) is 25.1 Å². The van der Waals surface area contributed by atoms with Gasteiger partial charge in [-0.2, -0.15) is 0 Å². The van der Waals surface area contributed by atoms with Crippen LogP contribution in [0.2, 0.25) is 5.02 Å². The smallest absolute Gasteiger partial charge is 0.336 e. The molecule has 0 unspecified atom stereocenters. The lowest BCUT2D eigenvalue weighted by molar-refractivity contribution is -0.140. The number of esters is 1. The summed E-state index contributed by atoms with van der Waals surface area (Å²) in [5, 5.41) is 3.75. The predicted molar refractivity (Wildman–Crippen MR) is 134 cm³/mol. The van der Waals surface area contributed by atoms with Crippen LogP contribution < -0.4 is 14.8 Å². The summed E-state index contributed by atoms with van der Waals surface area (Å²) in [6.45, 7) is 4.73. The summed E-state index contributed by atoms with van der Waals surface area (Å²) < 4.78 is 21.9. The second kappa shape index (κ2) is 10.4. The zero-order chi connectivity index (χ0) is 25.2. The van der Waals surface area contributed by atoms with Crippen LogP contribution in [0.25, 0.3) is 0 Å². The van der Waals surface area contributed by atoms with Gasteiger partial charge in [-0.25, -0.2) is 4.79 Å². The van der Waals surface area contributed by atoms with Crippen LogP contribution in [0, 0.1) is 0 Å². The van der Waals surface area contributed by atoms with Gasteiger partial charge in [-0.3, -0.25) is 4.79 Å². The molecule has 188 valence electrons. The number of hydrogen-bond donors (Lipinski definition) is 1. The molecular formula is C28H28ClNO6. The van der Waals surface area contributed by atoms with Crippen molar-refractivity contribution in [2.45, 2.75) is 38.5 Å². The number of rotatable bonds is 7. The van der Waals surface area contributed by atoms with Crippen LogP contribution >= 0.6 is 11.6 Å². The van der Waals surface area contributed by atoms with Gasteiger partial charge in [0.2, 0.25) is 6.79 Å². The third kappa shape index (κ3) is 4.61. The molecular weight excluding hydrogens is 482 g/mol. The van der Waals surface area contributed by atoms with E-state index in [2.05, 4.69) is 5.32 Å². The van der Waals surface area contributed by atoms with Crippen molar-refractivity contribution < 1.29 is 28.5 Å². The van der Waals surface area contributed by atoms with Crippen LogP contribution in [0.1, 0.15) is 49.7 Å². The molecule has 0 bridgehead atoms. The molecule has 2 aromatic carbocycles. The summed E-state index contributed by atoms with van der Waals surface area (Å²) in [6, 6.07) is 13.5. The normalized spacial score (nSPS) is 20.8. The number of fused-ring (bicyclic) bond motifs is 1. The molecule has 0 radical (unpaired) electrons.